The van der Waals surface area contributed by atoms with Crippen molar-refractivity contribution in [1.82, 2.24) is 0 Å². The Hall–Kier alpha value is -5.73. The van der Waals surface area contributed by atoms with E-state index < -0.39 is 126 Å². The highest BCUT2D eigenvalue weighted by atomic mass is 19.2. The first-order valence-electron chi connectivity index (χ1n) is 13.8. The molecule has 246 valence electrons. The van der Waals surface area contributed by atoms with Crippen molar-refractivity contribution in [3.8, 4) is 17.2 Å². The lowest BCUT2D eigenvalue weighted by atomic mass is 10.0. The van der Waals surface area contributed by atoms with Crippen LogP contribution in [0.25, 0.3) is 43.1 Å². The van der Waals surface area contributed by atoms with Crippen molar-refractivity contribution < 1.29 is 62.3 Å². The van der Waals surface area contributed by atoms with Crippen LogP contribution in [0.5, 0.6) is 17.2 Å². The van der Waals surface area contributed by atoms with Gasteiger partial charge in [-0.25, -0.2) is 43.9 Å². The Kier molecular flexibility index (Phi) is 7.64. The van der Waals surface area contributed by atoms with Gasteiger partial charge in [0.25, 0.3) is 0 Å². The lowest BCUT2D eigenvalue weighted by Gasteiger charge is -2.20. The summed E-state index contributed by atoms with van der Waals surface area (Å²) in [5.74, 6) is -18.5. The molecule has 0 N–H and O–H groups in total. The summed E-state index contributed by atoms with van der Waals surface area (Å²) >= 11 is 0. The van der Waals surface area contributed by atoms with E-state index in [0.717, 1.165) is 24.3 Å². The smallest absolute Gasteiger partial charge is 0.489 e. The maximum atomic E-state index is 15.5. The molecule has 0 aromatic heterocycles. The maximum Gasteiger partial charge on any atom is 0.864 e. The average Bonchev–Trinajstić information content (AvgIpc) is 3.05. The van der Waals surface area contributed by atoms with E-state index in [9.17, 15) is 39.5 Å². The largest absolute Gasteiger partial charge is 0.864 e. The van der Waals surface area contributed by atoms with Gasteiger partial charge in [0.1, 0.15) is 46.4 Å². The van der Waals surface area contributed by atoms with Crippen LogP contribution in [0.3, 0.4) is 0 Å². The van der Waals surface area contributed by atoms with E-state index >= 15 is 8.78 Å². The van der Waals surface area contributed by atoms with Crippen LogP contribution in [0.4, 0.5) is 48.3 Å². The molecule has 7 rings (SSSR count). The van der Waals surface area contributed by atoms with E-state index in [2.05, 4.69) is 0 Å². The highest BCUT2D eigenvalue weighted by Crippen LogP contribution is 2.39. The van der Waals surface area contributed by atoms with Crippen LogP contribution in [0, 0.1) is 64.0 Å². The molecular formula is C34H12BF11O3. The van der Waals surface area contributed by atoms with Gasteiger partial charge in [-0.2, -0.15) is 4.39 Å². The zero-order chi connectivity index (χ0) is 34.9. The normalized spacial score (nSPS) is 11.6. The Bertz CT molecular complexity index is 2430. The molecule has 3 nitrogen and oxygen atoms in total. The third-order valence-electron chi connectivity index (χ3n) is 7.65. The molecule has 0 amide bonds. The summed E-state index contributed by atoms with van der Waals surface area (Å²) in [5, 5.41) is -4.73. The van der Waals surface area contributed by atoms with Crippen LogP contribution in [0.2, 0.25) is 0 Å². The van der Waals surface area contributed by atoms with Crippen LogP contribution in [0.1, 0.15) is 0 Å². The molecule has 0 atom stereocenters. The second kappa shape index (κ2) is 11.8. The van der Waals surface area contributed by atoms with Crippen molar-refractivity contribution in [2.24, 2.45) is 0 Å². The van der Waals surface area contributed by atoms with Crippen molar-refractivity contribution in [2.45, 2.75) is 0 Å². The Balaban J connectivity index is 1.44. The van der Waals surface area contributed by atoms with Gasteiger partial charge in [0.15, 0.2) is 29.0 Å². The van der Waals surface area contributed by atoms with E-state index in [4.69, 9.17) is 14.0 Å². The summed E-state index contributed by atoms with van der Waals surface area (Å²) in [5.41, 5.74) is 0. The predicted molar refractivity (Wildman–Crippen MR) is 157 cm³/mol. The molecule has 49 heavy (non-hydrogen) atoms. The second-order valence-electron chi connectivity index (χ2n) is 10.6. The Morgan fingerprint density at radius 2 is 0.898 bits per heavy atom. The molecule has 0 radical (unpaired) electrons. The molecule has 7 aromatic rings. The summed E-state index contributed by atoms with van der Waals surface area (Å²) in [6.45, 7) is 0. The van der Waals surface area contributed by atoms with Crippen LogP contribution >= 0.6 is 0 Å². The Labute approximate surface area is 266 Å². The molecule has 0 unspecified atom stereocenters. The van der Waals surface area contributed by atoms with E-state index in [1.165, 1.54) is 0 Å². The summed E-state index contributed by atoms with van der Waals surface area (Å²) in [6, 6.07) is 8.49. The highest BCUT2D eigenvalue weighted by molar-refractivity contribution is 6.40. The van der Waals surface area contributed by atoms with Crippen LogP contribution in [-0.4, -0.2) is 7.32 Å². The minimum Gasteiger partial charge on any atom is -0.489 e. The quantitative estimate of drug-likeness (QED) is 0.0754. The number of rotatable bonds is 6. The van der Waals surface area contributed by atoms with Gasteiger partial charge in [0.05, 0.1) is 10.8 Å². The molecule has 7 aromatic carbocycles. The molecule has 0 fully saturated rings. The second-order valence-corrected chi connectivity index (χ2v) is 10.6. The Morgan fingerprint density at radius 3 is 1.45 bits per heavy atom. The first-order chi connectivity index (χ1) is 23.3. The zero-order valence-electron chi connectivity index (χ0n) is 23.9. The predicted octanol–water partition coefficient (Wildman–Crippen LogP) is 10.4. The van der Waals surface area contributed by atoms with Crippen LogP contribution in [-0.2, 0) is 0 Å². The van der Waals surface area contributed by atoms with Crippen molar-refractivity contribution in [2.75, 3.05) is 0 Å². The summed E-state index contributed by atoms with van der Waals surface area (Å²) < 4.78 is 178. The number of hydrogen-bond donors (Lipinski definition) is 0. The fourth-order valence-electron chi connectivity index (χ4n) is 5.47. The molecular weight excluding hydrogens is 676 g/mol. The molecule has 0 aliphatic carbocycles. The first-order valence-corrected chi connectivity index (χ1v) is 13.8. The van der Waals surface area contributed by atoms with Gasteiger partial charge in [-0.15, -0.1) is 0 Å². The lowest BCUT2D eigenvalue weighted by molar-refractivity contribution is 0.300. The summed E-state index contributed by atoms with van der Waals surface area (Å²) in [4.78, 5) is 0. The van der Waals surface area contributed by atoms with Crippen LogP contribution < -0.4 is 14.0 Å². The van der Waals surface area contributed by atoms with E-state index in [1.807, 2.05) is 0 Å². The summed E-state index contributed by atoms with van der Waals surface area (Å²) in [7, 11) is -2.47. The molecule has 0 heterocycles. The zero-order valence-corrected chi connectivity index (χ0v) is 23.9. The minimum absolute atomic E-state index is 0.133. The number of fused-ring (bicyclic) bond motifs is 4. The van der Waals surface area contributed by atoms with E-state index in [0.29, 0.717) is 48.5 Å². The lowest BCUT2D eigenvalue weighted by Crippen LogP contribution is -2.37. The number of benzene rings is 7. The molecule has 15 heteroatoms. The number of hydrogen-bond acceptors (Lipinski definition) is 3. The van der Waals surface area contributed by atoms with Crippen molar-refractivity contribution in [3.05, 3.63) is 137 Å². The van der Waals surface area contributed by atoms with Gasteiger partial charge in [-0.3, -0.25) is 0 Å². The third kappa shape index (κ3) is 5.34. The molecule has 0 saturated heterocycles. The SMILES string of the molecule is Fc1cc(F)c2c(F)ccc(OB(Oc3c(F)c(F)c(F)c4cc5c(F)c(F)ccc5cc34)Oc3ccc(F)c4c(F)cc(F)cc34)c2c1. The van der Waals surface area contributed by atoms with E-state index in [1.54, 1.807) is 0 Å². The monoisotopic (exact) mass is 688 g/mol. The first kappa shape index (κ1) is 31.9. The van der Waals surface area contributed by atoms with Crippen LogP contribution in [0.15, 0.2) is 72.8 Å². The summed E-state index contributed by atoms with van der Waals surface area (Å²) in [6.07, 6.45) is 0. The average molecular weight is 688 g/mol. The fraction of sp³-hybridized carbons (Fsp3) is 0. The van der Waals surface area contributed by atoms with Crippen molar-refractivity contribution >= 4 is 50.4 Å². The van der Waals surface area contributed by atoms with E-state index in [-0.39, 0.29) is 5.39 Å². The minimum atomic E-state index is -2.47. The standard InChI is InChI=1S/C34H12BF11O3/c36-14-8-19-26(5-3-21(38)28(19)24(41)10-14)47-35(48-27-6-4-22(39)29-20(27)9-15(37)11-25(29)42)49-34-18-7-13-1-2-23(40)30(43)16(13)12-17(18)31(44)32(45)33(34)46/h1-12H. The highest BCUT2D eigenvalue weighted by Gasteiger charge is 2.36. The van der Waals surface area contributed by atoms with Gasteiger partial charge < -0.3 is 14.0 Å². The molecule has 0 aliphatic heterocycles. The molecule has 0 saturated carbocycles. The van der Waals surface area contributed by atoms with Crippen molar-refractivity contribution in [1.29, 1.82) is 0 Å². The van der Waals surface area contributed by atoms with Gasteiger partial charge in [-0.05, 0) is 60.0 Å². The molecule has 0 aliphatic rings. The van der Waals surface area contributed by atoms with Crippen molar-refractivity contribution in [3.63, 3.8) is 0 Å². The topological polar surface area (TPSA) is 27.7 Å². The van der Waals surface area contributed by atoms with Gasteiger partial charge in [0.2, 0.25) is 5.82 Å². The maximum absolute atomic E-state index is 15.5. The van der Waals surface area contributed by atoms with Gasteiger partial charge >= 0.3 is 7.32 Å². The molecule has 0 spiro atoms. The number of halogens is 11. The Morgan fingerprint density at radius 1 is 0.367 bits per heavy atom. The van der Waals surface area contributed by atoms with Gasteiger partial charge in [0, 0.05) is 39.1 Å². The third-order valence-corrected chi connectivity index (χ3v) is 7.65. The fourth-order valence-corrected chi connectivity index (χ4v) is 5.47. The molecule has 0 bridgehead atoms. The van der Waals surface area contributed by atoms with Gasteiger partial charge in [-0.1, -0.05) is 6.07 Å².